The van der Waals surface area contributed by atoms with Crippen LogP contribution in [0.1, 0.15) is 0 Å². The highest BCUT2D eigenvalue weighted by atomic mass is 16.6. The molecule has 2 bridgehead atoms. The molecule has 4 unspecified atom stereocenters. The van der Waals surface area contributed by atoms with Gasteiger partial charge in [0.25, 0.3) is 0 Å². The van der Waals surface area contributed by atoms with Gasteiger partial charge in [0.2, 0.25) is 11.8 Å². The Balaban J connectivity index is 2.24. The van der Waals surface area contributed by atoms with Crippen molar-refractivity contribution in [3.63, 3.8) is 0 Å². The second-order valence-electron chi connectivity index (χ2n) is 4.85. The fourth-order valence-electron chi connectivity index (χ4n) is 2.95. The Bertz CT molecular complexity index is 514. The molecule has 2 N–H and O–H groups in total. The number of hydrogen-bond donors (Lipinski definition) is 2. The number of fused-ring (bicyclic) bond motifs is 1. The molecule has 96 valence electrons. The van der Waals surface area contributed by atoms with E-state index in [0.29, 0.717) is 0 Å². The SMILES string of the molecule is CN1C(=O)C2C(C1=O)C1(O)C=CC2(CO)OC1=O. The van der Waals surface area contributed by atoms with Gasteiger partial charge in [-0.25, -0.2) is 4.79 Å². The van der Waals surface area contributed by atoms with E-state index in [1.54, 1.807) is 0 Å². The third-order valence-corrected chi connectivity index (χ3v) is 4.00. The first-order valence-electron chi connectivity index (χ1n) is 5.46. The summed E-state index contributed by atoms with van der Waals surface area (Å²) in [6, 6.07) is 0. The van der Waals surface area contributed by atoms with Gasteiger partial charge in [0.15, 0.2) is 11.2 Å². The van der Waals surface area contributed by atoms with Crippen molar-refractivity contribution in [2.45, 2.75) is 11.2 Å². The quantitative estimate of drug-likeness (QED) is 0.312. The largest absolute Gasteiger partial charge is 0.449 e. The number of carbonyl (C=O) groups is 3. The molecule has 0 aromatic heterocycles. The minimum Gasteiger partial charge on any atom is -0.449 e. The highest BCUT2D eigenvalue weighted by Gasteiger charge is 2.72. The van der Waals surface area contributed by atoms with Crippen LogP contribution in [0.2, 0.25) is 0 Å². The van der Waals surface area contributed by atoms with E-state index >= 15 is 0 Å². The van der Waals surface area contributed by atoms with Crippen LogP contribution in [-0.4, -0.2) is 57.8 Å². The molecule has 2 fully saturated rings. The number of aliphatic hydroxyl groups excluding tert-OH is 1. The first kappa shape index (κ1) is 11.4. The monoisotopic (exact) mass is 253 g/mol. The lowest BCUT2D eigenvalue weighted by atomic mass is 9.64. The number of hydrogen-bond acceptors (Lipinski definition) is 6. The average Bonchev–Trinajstić information content (AvgIpc) is 2.59. The second-order valence-corrected chi connectivity index (χ2v) is 4.85. The number of likely N-dealkylation sites (tertiary alicyclic amines) is 1. The number of esters is 1. The van der Waals surface area contributed by atoms with Gasteiger partial charge in [-0.15, -0.1) is 0 Å². The van der Waals surface area contributed by atoms with E-state index in [1.807, 2.05) is 0 Å². The van der Waals surface area contributed by atoms with Crippen molar-refractivity contribution in [3.05, 3.63) is 12.2 Å². The Morgan fingerprint density at radius 3 is 2.44 bits per heavy atom. The average molecular weight is 253 g/mol. The number of rotatable bonds is 1. The van der Waals surface area contributed by atoms with E-state index in [0.717, 1.165) is 11.0 Å². The van der Waals surface area contributed by atoms with Crippen molar-refractivity contribution in [2.75, 3.05) is 13.7 Å². The molecule has 0 radical (unpaired) electrons. The lowest BCUT2D eigenvalue weighted by Crippen LogP contribution is -2.67. The van der Waals surface area contributed by atoms with Gasteiger partial charge in [0, 0.05) is 7.05 Å². The predicted molar refractivity (Wildman–Crippen MR) is 54.8 cm³/mol. The van der Waals surface area contributed by atoms with Gasteiger partial charge in [-0.2, -0.15) is 0 Å². The van der Waals surface area contributed by atoms with E-state index in [2.05, 4.69) is 0 Å². The van der Waals surface area contributed by atoms with Gasteiger partial charge in [0.05, 0.1) is 18.4 Å². The molecular formula is C11H11NO6. The van der Waals surface area contributed by atoms with Crippen LogP contribution in [0.4, 0.5) is 0 Å². The molecule has 0 spiro atoms. The van der Waals surface area contributed by atoms with Crippen LogP contribution < -0.4 is 0 Å². The van der Waals surface area contributed by atoms with Crippen LogP contribution in [0, 0.1) is 11.8 Å². The first-order valence-corrected chi connectivity index (χ1v) is 5.46. The van der Waals surface area contributed by atoms with E-state index in [9.17, 15) is 24.6 Å². The van der Waals surface area contributed by atoms with Gasteiger partial charge in [-0.1, -0.05) is 0 Å². The molecule has 1 aliphatic carbocycles. The van der Waals surface area contributed by atoms with Gasteiger partial charge in [0.1, 0.15) is 0 Å². The van der Waals surface area contributed by atoms with E-state index in [1.165, 1.54) is 13.1 Å². The highest BCUT2D eigenvalue weighted by Crippen LogP contribution is 2.51. The Labute approximate surface area is 102 Å². The van der Waals surface area contributed by atoms with Crippen LogP contribution in [0.5, 0.6) is 0 Å². The predicted octanol–water partition coefficient (Wildman–Crippen LogP) is -2.19. The summed E-state index contributed by atoms with van der Waals surface area (Å²) >= 11 is 0. The van der Waals surface area contributed by atoms with Gasteiger partial charge in [-0.05, 0) is 12.2 Å². The number of carbonyl (C=O) groups excluding carboxylic acids is 3. The topological polar surface area (TPSA) is 104 Å². The Morgan fingerprint density at radius 1 is 1.28 bits per heavy atom. The number of nitrogens with zero attached hydrogens (tertiary/aromatic N) is 1. The van der Waals surface area contributed by atoms with Gasteiger partial charge in [-0.3, -0.25) is 14.5 Å². The fourth-order valence-corrected chi connectivity index (χ4v) is 2.95. The van der Waals surface area contributed by atoms with Gasteiger partial charge < -0.3 is 14.9 Å². The summed E-state index contributed by atoms with van der Waals surface area (Å²) in [5.74, 6) is -4.47. The summed E-state index contributed by atoms with van der Waals surface area (Å²) in [7, 11) is 1.28. The first-order chi connectivity index (χ1) is 8.37. The molecule has 0 saturated carbocycles. The zero-order valence-electron chi connectivity index (χ0n) is 9.49. The van der Waals surface area contributed by atoms with E-state index in [-0.39, 0.29) is 0 Å². The van der Waals surface area contributed by atoms with Crippen molar-refractivity contribution < 1.29 is 29.3 Å². The molecule has 2 amide bonds. The minimum atomic E-state index is -2.11. The lowest BCUT2D eigenvalue weighted by molar-refractivity contribution is -0.215. The third-order valence-electron chi connectivity index (χ3n) is 4.00. The standard InChI is InChI=1S/C11H11NO6/c1-12-7(14)5-6(8(12)15)11(17)3-2-10(5,4-13)18-9(11)16/h2-3,5-6,13,17H,4H2,1H3. The molecule has 7 heteroatoms. The molecular weight excluding hydrogens is 242 g/mol. The maximum Gasteiger partial charge on any atom is 0.344 e. The van der Waals surface area contributed by atoms with Crippen molar-refractivity contribution in [2.24, 2.45) is 11.8 Å². The van der Waals surface area contributed by atoms with Crippen molar-refractivity contribution in [1.82, 2.24) is 4.90 Å². The second kappa shape index (κ2) is 2.99. The molecule has 0 aromatic carbocycles. The zero-order chi connectivity index (χ0) is 13.3. The minimum absolute atomic E-state index is 0.561. The molecule has 0 aromatic rings. The van der Waals surface area contributed by atoms with Crippen LogP contribution in [0.25, 0.3) is 0 Å². The summed E-state index contributed by atoms with van der Waals surface area (Å²) in [5.41, 5.74) is -3.65. The molecule has 4 aliphatic rings. The summed E-state index contributed by atoms with van der Waals surface area (Å²) in [4.78, 5) is 36.6. The van der Waals surface area contributed by atoms with Gasteiger partial charge >= 0.3 is 5.97 Å². The molecule has 2 saturated heterocycles. The Kier molecular flexibility index (Phi) is 1.89. The molecule has 4 rings (SSSR count). The van der Waals surface area contributed by atoms with Crippen LogP contribution in [-0.2, 0) is 19.1 Å². The summed E-state index contributed by atoms with van der Waals surface area (Å²) in [5, 5.41) is 19.6. The molecule has 4 atom stereocenters. The fraction of sp³-hybridized carbons (Fsp3) is 0.545. The zero-order valence-corrected chi connectivity index (χ0v) is 9.49. The maximum absolute atomic E-state index is 12.0. The molecule has 3 aliphatic heterocycles. The van der Waals surface area contributed by atoms with E-state index < -0.39 is 47.4 Å². The molecule has 3 heterocycles. The van der Waals surface area contributed by atoms with Crippen LogP contribution in [0.3, 0.4) is 0 Å². The van der Waals surface area contributed by atoms with Crippen molar-refractivity contribution in [1.29, 1.82) is 0 Å². The Hall–Kier alpha value is -1.73. The third kappa shape index (κ3) is 0.956. The molecule has 7 nitrogen and oxygen atoms in total. The van der Waals surface area contributed by atoms with Crippen LogP contribution in [0.15, 0.2) is 12.2 Å². The lowest BCUT2D eigenvalue weighted by Gasteiger charge is -2.49. The maximum atomic E-state index is 12.0. The molecule has 18 heavy (non-hydrogen) atoms. The summed E-state index contributed by atoms with van der Waals surface area (Å²) in [6.07, 6.45) is 2.43. The Morgan fingerprint density at radius 2 is 1.89 bits per heavy atom. The van der Waals surface area contributed by atoms with Crippen molar-refractivity contribution in [3.8, 4) is 0 Å². The number of aliphatic hydroxyl groups is 2. The number of imide groups is 1. The van der Waals surface area contributed by atoms with E-state index in [4.69, 9.17) is 4.74 Å². The smallest absolute Gasteiger partial charge is 0.344 e. The highest BCUT2D eigenvalue weighted by molar-refractivity contribution is 6.10. The van der Waals surface area contributed by atoms with Crippen molar-refractivity contribution >= 4 is 17.8 Å². The number of ether oxygens (including phenoxy) is 1. The number of amides is 2. The van der Waals surface area contributed by atoms with Crippen LogP contribution >= 0.6 is 0 Å². The summed E-state index contributed by atoms with van der Waals surface area (Å²) in [6.45, 7) is -0.612. The summed E-state index contributed by atoms with van der Waals surface area (Å²) < 4.78 is 4.98. The normalized spacial score (nSPS) is 45.5.